The van der Waals surface area contributed by atoms with Gasteiger partial charge in [0, 0.05) is 36.6 Å². The van der Waals surface area contributed by atoms with Crippen LogP contribution in [-0.4, -0.2) is 50.2 Å². The van der Waals surface area contributed by atoms with Gasteiger partial charge in [0.1, 0.15) is 0 Å². The smallest absolute Gasteiger partial charge is 0.266 e. The molecule has 1 aliphatic rings. The second-order valence-electron chi connectivity index (χ2n) is 15.1. The summed E-state index contributed by atoms with van der Waals surface area (Å²) in [5, 5.41) is 5.66. The van der Waals surface area contributed by atoms with E-state index in [0.717, 1.165) is 48.3 Å². The summed E-state index contributed by atoms with van der Waals surface area (Å²) in [6.45, 7) is 15.1. The third-order valence-electron chi connectivity index (χ3n) is 10.1. The van der Waals surface area contributed by atoms with Gasteiger partial charge >= 0.3 is 0 Å². The molecule has 270 valence electrons. The molecule has 0 bridgehead atoms. The second kappa shape index (κ2) is 15.8. The molecule has 51 heavy (non-hydrogen) atoms. The van der Waals surface area contributed by atoms with E-state index < -0.39 is 27.7 Å². The largest absolute Gasteiger partial charge is 0.372 e. The SMILES string of the molecule is Cc1cc(C)c(-c2ccc(NC(=O)[C@H](Cc3ccc(C(=O)NCCS(=O)(=O)O)cc3)c3ccc(N4CCC(C(C)(C)C)CC4)cc3)cc2)c(C)c1. The van der Waals surface area contributed by atoms with Crippen LogP contribution < -0.4 is 15.5 Å². The highest BCUT2D eigenvalue weighted by Crippen LogP contribution is 2.36. The Bertz CT molecular complexity index is 1920. The summed E-state index contributed by atoms with van der Waals surface area (Å²) in [6.07, 6.45) is 2.73. The average Bonchev–Trinajstić information content (AvgIpc) is 3.07. The Morgan fingerprint density at radius 3 is 2.00 bits per heavy atom. The lowest BCUT2D eigenvalue weighted by molar-refractivity contribution is -0.117. The maximum Gasteiger partial charge on any atom is 0.266 e. The first kappa shape index (κ1) is 37.8. The van der Waals surface area contributed by atoms with Crippen LogP contribution in [0.1, 0.15) is 77.7 Å². The van der Waals surface area contributed by atoms with Gasteiger partial charge < -0.3 is 15.5 Å². The Labute approximate surface area is 303 Å². The Morgan fingerprint density at radius 1 is 0.863 bits per heavy atom. The fourth-order valence-electron chi connectivity index (χ4n) is 7.29. The fraction of sp³-hybridized carbons (Fsp3) is 0.381. The molecule has 4 aromatic rings. The third kappa shape index (κ3) is 10.1. The Morgan fingerprint density at radius 2 is 1.45 bits per heavy atom. The summed E-state index contributed by atoms with van der Waals surface area (Å²) in [7, 11) is -4.17. The first-order valence-electron chi connectivity index (χ1n) is 17.7. The van der Waals surface area contributed by atoms with Crippen LogP contribution in [0.5, 0.6) is 0 Å². The molecule has 1 atom stereocenters. The number of aryl methyl sites for hydroxylation is 3. The molecule has 2 amide bonds. The molecular formula is C42H51N3O5S. The summed E-state index contributed by atoms with van der Waals surface area (Å²) < 4.78 is 31.0. The Kier molecular flexibility index (Phi) is 11.7. The van der Waals surface area contributed by atoms with Gasteiger partial charge in [0.05, 0.1) is 11.7 Å². The van der Waals surface area contributed by atoms with E-state index in [1.807, 2.05) is 36.4 Å². The van der Waals surface area contributed by atoms with Gasteiger partial charge in [-0.25, -0.2) is 0 Å². The van der Waals surface area contributed by atoms with Crippen LogP contribution in [0.2, 0.25) is 0 Å². The highest BCUT2D eigenvalue weighted by molar-refractivity contribution is 7.85. The van der Waals surface area contributed by atoms with Crippen molar-refractivity contribution in [2.75, 3.05) is 35.6 Å². The zero-order chi connectivity index (χ0) is 36.9. The number of carbonyl (C=O) groups excluding carboxylic acids is 2. The van der Waals surface area contributed by atoms with E-state index in [4.69, 9.17) is 4.55 Å². The maximum absolute atomic E-state index is 14.1. The predicted octanol–water partition coefficient (Wildman–Crippen LogP) is 8.12. The number of nitrogens with zero attached hydrogens (tertiary/aromatic N) is 1. The van der Waals surface area contributed by atoms with Crippen LogP contribution in [0.3, 0.4) is 0 Å². The molecule has 0 aliphatic carbocycles. The van der Waals surface area contributed by atoms with Gasteiger partial charge in [-0.3, -0.25) is 14.1 Å². The zero-order valence-corrected chi connectivity index (χ0v) is 31.4. The van der Waals surface area contributed by atoms with Crippen molar-refractivity contribution in [2.24, 2.45) is 11.3 Å². The molecule has 1 fully saturated rings. The summed E-state index contributed by atoms with van der Waals surface area (Å²) in [6, 6.07) is 27.6. The van der Waals surface area contributed by atoms with Crippen LogP contribution in [0, 0.1) is 32.1 Å². The molecule has 3 N–H and O–H groups in total. The van der Waals surface area contributed by atoms with E-state index >= 15 is 0 Å². The lowest BCUT2D eigenvalue weighted by Gasteiger charge is -2.39. The van der Waals surface area contributed by atoms with E-state index in [-0.39, 0.29) is 12.5 Å². The highest BCUT2D eigenvalue weighted by Gasteiger charge is 2.29. The standard InChI is InChI=1S/C42H51N3O5S/c1-28-25-29(2)39(30(3)26-28)33-11-15-36(16-12-33)44-41(47)38(27-31-7-9-34(10-8-31)40(46)43-21-24-51(48,49)50)32-13-17-37(18-14-32)45-22-19-35(20-23-45)42(4,5)6/h7-18,25-26,35,38H,19-24,27H2,1-6H3,(H,43,46)(H,44,47)(H,48,49,50)/t38-/m1/s1. The number of amides is 2. The monoisotopic (exact) mass is 709 g/mol. The van der Waals surface area contributed by atoms with Gasteiger partial charge in [0.25, 0.3) is 16.0 Å². The van der Waals surface area contributed by atoms with Crippen molar-refractivity contribution in [3.8, 4) is 11.1 Å². The number of nitrogens with one attached hydrogen (secondary N) is 2. The molecule has 4 aromatic carbocycles. The van der Waals surface area contributed by atoms with E-state index in [0.29, 0.717) is 29.0 Å². The minimum Gasteiger partial charge on any atom is -0.372 e. The maximum atomic E-state index is 14.1. The van der Waals surface area contributed by atoms with Gasteiger partial charge in [-0.2, -0.15) is 8.42 Å². The van der Waals surface area contributed by atoms with Crippen LogP contribution in [0.25, 0.3) is 11.1 Å². The molecule has 5 rings (SSSR count). The summed E-state index contributed by atoms with van der Waals surface area (Å²) in [5.41, 5.74) is 10.3. The highest BCUT2D eigenvalue weighted by atomic mass is 32.2. The van der Waals surface area contributed by atoms with Crippen LogP contribution in [-0.2, 0) is 21.3 Å². The molecule has 0 aromatic heterocycles. The van der Waals surface area contributed by atoms with E-state index in [1.165, 1.54) is 22.3 Å². The minimum absolute atomic E-state index is 0.128. The molecule has 0 spiro atoms. The normalized spacial score (nSPS) is 14.6. The number of hydrogen-bond acceptors (Lipinski definition) is 5. The molecule has 1 saturated heterocycles. The zero-order valence-electron chi connectivity index (χ0n) is 30.6. The molecule has 0 saturated carbocycles. The summed E-state index contributed by atoms with van der Waals surface area (Å²) in [4.78, 5) is 29.0. The van der Waals surface area contributed by atoms with E-state index in [9.17, 15) is 18.0 Å². The first-order valence-corrected chi connectivity index (χ1v) is 19.3. The molecule has 9 heteroatoms. The molecule has 1 aliphatic heterocycles. The van der Waals surface area contributed by atoms with Crippen molar-refractivity contribution in [3.05, 3.63) is 118 Å². The number of carbonyl (C=O) groups is 2. The summed E-state index contributed by atoms with van der Waals surface area (Å²) >= 11 is 0. The van der Waals surface area contributed by atoms with Crippen LogP contribution >= 0.6 is 0 Å². The number of anilines is 2. The number of rotatable bonds is 11. The van der Waals surface area contributed by atoms with Crippen molar-refractivity contribution >= 4 is 33.3 Å². The van der Waals surface area contributed by atoms with Gasteiger partial charge in [-0.1, -0.05) is 74.9 Å². The van der Waals surface area contributed by atoms with E-state index in [2.05, 4.69) is 93.5 Å². The Hall–Kier alpha value is -4.47. The van der Waals surface area contributed by atoms with Crippen molar-refractivity contribution in [1.82, 2.24) is 5.32 Å². The molecule has 1 heterocycles. The molecule has 0 unspecified atom stereocenters. The van der Waals surface area contributed by atoms with E-state index in [1.54, 1.807) is 12.1 Å². The van der Waals surface area contributed by atoms with Crippen molar-refractivity contribution in [1.29, 1.82) is 0 Å². The Balaban J connectivity index is 1.34. The van der Waals surface area contributed by atoms with Gasteiger partial charge in [-0.05, 0) is 121 Å². The van der Waals surface area contributed by atoms with Crippen molar-refractivity contribution in [3.63, 3.8) is 0 Å². The first-order chi connectivity index (χ1) is 24.1. The third-order valence-corrected chi connectivity index (χ3v) is 10.8. The lowest BCUT2D eigenvalue weighted by Crippen LogP contribution is -2.38. The van der Waals surface area contributed by atoms with Crippen molar-refractivity contribution in [2.45, 2.75) is 66.7 Å². The number of hydrogen-bond donors (Lipinski definition) is 3. The predicted molar refractivity (Wildman–Crippen MR) is 207 cm³/mol. The average molecular weight is 710 g/mol. The lowest BCUT2D eigenvalue weighted by atomic mass is 9.75. The number of piperidine rings is 1. The molecule has 8 nitrogen and oxygen atoms in total. The van der Waals surface area contributed by atoms with Gasteiger partial charge in [-0.15, -0.1) is 0 Å². The van der Waals surface area contributed by atoms with Gasteiger partial charge in [0.2, 0.25) is 5.91 Å². The van der Waals surface area contributed by atoms with Crippen molar-refractivity contribution < 1.29 is 22.6 Å². The van der Waals surface area contributed by atoms with Crippen LogP contribution in [0.4, 0.5) is 11.4 Å². The minimum atomic E-state index is -4.17. The molecular weight excluding hydrogens is 659 g/mol. The second-order valence-corrected chi connectivity index (χ2v) is 16.6. The van der Waals surface area contributed by atoms with Gasteiger partial charge in [0.15, 0.2) is 0 Å². The fourth-order valence-corrected chi connectivity index (χ4v) is 7.65. The quantitative estimate of drug-likeness (QED) is 0.136. The van der Waals surface area contributed by atoms with Crippen LogP contribution in [0.15, 0.2) is 84.9 Å². The summed E-state index contributed by atoms with van der Waals surface area (Å²) in [5.74, 6) is -0.928. The number of benzene rings is 4. The molecule has 0 radical (unpaired) electrons. The topological polar surface area (TPSA) is 116 Å².